The van der Waals surface area contributed by atoms with Crippen LogP contribution < -0.4 is 15.4 Å². The fourth-order valence-corrected chi connectivity index (χ4v) is 1.75. The Bertz CT molecular complexity index is 423. The molecule has 1 rings (SSSR count). The monoisotopic (exact) mass is 280 g/mol. The molecule has 0 bridgehead atoms. The van der Waals surface area contributed by atoms with Gasteiger partial charge in [0.2, 0.25) is 5.91 Å². The Balaban J connectivity index is 2.45. The van der Waals surface area contributed by atoms with Crippen LogP contribution in [0.4, 0.5) is 0 Å². The summed E-state index contributed by atoms with van der Waals surface area (Å²) >= 11 is 0. The Morgan fingerprint density at radius 2 is 2.20 bits per heavy atom. The lowest BCUT2D eigenvalue weighted by Gasteiger charge is -2.17. The number of hydrogen-bond donors (Lipinski definition) is 3. The SMILES string of the molecule is CCCNC(=O)C(C)NCC(O)c1cccc(OC)c1. The van der Waals surface area contributed by atoms with Gasteiger partial charge in [-0.15, -0.1) is 0 Å². The van der Waals surface area contributed by atoms with Crippen molar-refractivity contribution in [3.8, 4) is 5.75 Å². The first-order chi connectivity index (χ1) is 9.58. The van der Waals surface area contributed by atoms with Gasteiger partial charge >= 0.3 is 0 Å². The average Bonchev–Trinajstić information content (AvgIpc) is 2.49. The van der Waals surface area contributed by atoms with E-state index in [4.69, 9.17) is 4.74 Å². The molecule has 3 N–H and O–H groups in total. The zero-order valence-electron chi connectivity index (χ0n) is 12.3. The molecule has 1 aromatic rings. The molecule has 0 heterocycles. The smallest absolute Gasteiger partial charge is 0.236 e. The minimum absolute atomic E-state index is 0.0512. The summed E-state index contributed by atoms with van der Waals surface area (Å²) in [6.45, 7) is 4.77. The van der Waals surface area contributed by atoms with Crippen LogP contribution in [0.1, 0.15) is 31.9 Å². The van der Waals surface area contributed by atoms with Gasteiger partial charge in [0.15, 0.2) is 0 Å². The van der Waals surface area contributed by atoms with Crippen molar-refractivity contribution in [2.24, 2.45) is 0 Å². The van der Waals surface area contributed by atoms with Crippen LogP contribution in [0.2, 0.25) is 0 Å². The molecule has 1 aromatic carbocycles. The standard InChI is InChI=1S/C15H24N2O3/c1-4-8-16-15(19)11(2)17-10-14(18)12-6-5-7-13(9-12)20-3/h5-7,9,11,14,17-18H,4,8,10H2,1-3H3,(H,16,19). The Hall–Kier alpha value is -1.59. The van der Waals surface area contributed by atoms with E-state index < -0.39 is 6.10 Å². The van der Waals surface area contributed by atoms with Crippen molar-refractivity contribution in [3.05, 3.63) is 29.8 Å². The number of rotatable bonds is 8. The normalized spacial score (nSPS) is 13.6. The molecule has 0 saturated heterocycles. The van der Waals surface area contributed by atoms with E-state index in [1.807, 2.05) is 25.1 Å². The van der Waals surface area contributed by atoms with E-state index in [2.05, 4.69) is 10.6 Å². The van der Waals surface area contributed by atoms with Gasteiger partial charge in [0.25, 0.3) is 0 Å². The second kappa shape index (κ2) is 8.55. The highest BCUT2D eigenvalue weighted by Crippen LogP contribution is 2.18. The quantitative estimate of drug-likeness (QED) is 0.670. The van der Waals surface area contributed by atoms with Crippen LogP contribution in [0.5, 0.6) is 5.75 Å². The third-order valence-corrected chi connectivity index (χ3v) is 3.04. The average molecular weight is 280 g/mol. The van der Waals surface area contributed by atoms with E-state index in [0.29, 0.717) is 18.8 Å². The molecule has 0 radical (unpaired) electrons. The summed E-state index contributed by atoms with van der Waals surface area (Å²) in [7, 11) is 1.59. The molecule has 5 heteroatoms. The molecule has 0 aliphatic rings. The van der Waals surface area contributed by atoms with Crippen molar-refractivity contribution in [1.82, 2.24) is 10.6 Å². The van der Waals surface area contributed by atoms with Crippen LogP contribution in [0.25, 0.3) is 0 Å². The van der Waals surface area contributed by atoms with E-state index in [1.165, 1.54) is 0 Å². The van der Waals surface area contributed by atoms with Gasteiger partial charge in [0, 0.05) is 13.1 Å². The number of benzene rings is 1. The second-order valence-corrected chi connectivity index (χ2v) is 4.71. The number of carbonyl (C=O) groups is 1. The fourth-order valence-electron chi connectivity index (χ4n) is 1.75. The highest BCUT2D eigenvalue weighted by molar-refractivity contribution is 5.81. The maximum Gasteiger partial charge on any atom is 0.236 e. The molecule has 112 valence electrons. The van der Waals surface area contributed by atoms with Crippen molar-refractivity contribution in [3.63, 3.8) is 0 Å². The number of hydrogen-bond acceptors (Lipinski definition) is 4. The maximum absolute atomic E-state index is 11.7. The molecule has 1 amide bonds. The zero-order chi connectivity index (χ0) is 15.0. The van der Waals surface area contributed by atoms with Gasteiger partial charge in [-0.1, -0.05) is 19.1 Å². The summed E-state index contributed by atoms with van der Waals surface area (Å²) in [4.78, 5) is 11.7. The van der Waals surface area contributed by atoms with Gasteiger partial charge in [0.05, 0.1) is 19.3 Å². The minimum Gasteiger partial charge on any atom is -0.497 e. The Labute approximate surface area is 120 Å². The predicted octanol–water partition coefficient (Wildman–Crippen LogP) is 1.23. The number of methoxy groups -OCH3 is 1. The topological polar surface area (TPSA) is 70.6 Å². The predicted molar refractivity (Wildman–Crippen MR) is 78.7 cm³/mol. The van der Waals surface area contributed by atoms with E-state index in [0.717, 1.165) is 12.0 Å². The lowest BCUT2D eigenvalue weighted by Crippen LogP contribution is -2.43. The van der Waals surface area contributed by atoms with E-state index in [-0.39, 0.29) is 11.9 Å². The van der Waals surface area contributed by atoms with E-state index >= 15 is 0 Å². The third-order valence-electron chi connectivity index (χ3n) is 3.04. The molecule has 2 atom stereocenters. The van der Waals surface area contributed by atoms with Crippen molar-refractivity contribution < 1.29 is 14.6 Å². The number of nitrogens with one attached hydrogen (secondary N) is 2. The van der Waals surface area contributed by atoms with Crippen LogP contribution in [-0.2, 0) is 4.79 Å². The van der Waals surface area contributed by atoms with Gasteiger partial charge in [-0.05, 0) is 31.0 Å². The number of aliphatic hydroxyl groups is 1. The van der Waals surface area contributed by atoms with Crippen LogP contribution in [0.15, 0.2) is 24.3 Å². The van der Waals surface area contributed by atoms with Gasteiger partial charge in [-0.3, -0.25) is 4.79 Å². The van der Waals surface area contributed by atoms with E-state index in [1.54, 1.807) is 20.1 Å². The number of ether oxygens (including phenoxy) is 1. The molecule has 0 aliphatic carbocycles. The molecule has 5 nitrogen and oxygen atoms in total. The fraction of sp³-hybridized carbons (Fsp3) is 0.533. The molecule has 0 spiro atoms. The second-order valence-electron chi connectivity index (χ2n) is 4.71. The third kappa shape index (κ3) is 5.19. The molecular formula is C15H24N2O3. The summed E-state index contributed by atoms with van der Waals surface area (Å²) in [5, 5.41) is 15.9. The lowest BCUT2D eigenvalue weighted by molar-refractivity contribution is -0.122. The highest BCUT2D eigenvalue weighted by atomic mass is 16.5. The number of carbonyl (C=O) groups excluding carboxylic acids is 1. The van der Waals surface area contributed by atoms with Crippen molar-refractivity contribution >= 4 is 5.91 Å². The van der Waals surface area contributed by atoms with Crippen molar-refractivity contribution in [2.45, 2.75) is 32.4 Å². The first-order valence-electron chi connectivity index (χ1n) is 6.91. The van der Waals surface area contributed by atoms with Crippen LogP contribution in [0, 0.1) is 0 Å². The molecule has 0 aliphatic heterocycles. The summed E-state index contributed by atoms with van der Waals surface area (Å²) in [6, 6.07) is 6.94. The Morgan fingerprint density at radius 1 is 1.45 bits per heavy atom. The highest BCUT2D eigenvalue weighted by Gasteiger charge is 2.14. The molecule has 20 heavy (non-hydrogen) atoms. The van der Waals surface area contributed by atoms with Crippen molar-refractivity contribution in [1.29, 1.82) is 0 Å². The minimum atomic E-state index is -0.675. The first kappa shape index (κ1) is 16.5. The first-order valence-corrected chi connectivity index (χ1v) is 6.91. The molecule has 0 saturated carbocycles. The Morgan fingerprint density at radius 3 is 2.85 bits per heavy atom. The summed E-state index contributed by atoms with van der Waals surface area (Å²) in [5.74, 6) is 0.653. The van der Waals surface area contributed by atoms with Gasteiger partial charge in [-0.25, -0.2) is 0 Å². The van der Waals surface area contributed by atoms with Crippen LogP contribution in [0.3, 0.4) is 0 Å². The van der Waals surface area contributed by atoms with Crippen LogP contribution >= 0.6 is 0 Å². The zero-order valence-corrected chi connectivity index (χ0v) is 12.3. The van der Waals surface area contributed by atoms with Gasteiger partial charge in [-0.2, -0.15) is 0 Å². The molecule has 2 unspecified atom stereocenters. The molecular weight excluding hydrogens is 256 g/mol. The number of aliphatic hydroxyl groups excluding tert-OH is 1. The summed E-state index contributed by atoms with van der Waals surface area (Å²) in [5.41, 5.74) is 0.762. The molecule has 0 fully saturated rings. The number of amides is 1. The maximum atomic E-state index is 11.7. The van der Waals surface area contributed by atoms with Crippen molar-refractivity contribution in [2.75, 3.05) is 20.2 Å². The summed E-state index contributed by atoms with van der Waals surface area (Å²) < 4.78 is 5.12. The summed E-state index contributed by atoms with van der Waals surface area (Å²) in [6.07, 6.45) is 0.233. The van der Waals surface area contributed by atoms with Crippen LogP contribution in [-0.4, -0.2) is 37.3 Å². The lowest BCUT2D eigenvalue weighted by atomic mass is 10.1. The Kier molecular flexibility index (Phi) is 7.04. The molecule has 0 aromatic heterocycles. The van der Waals surface area contributed by atoms with Gasteiger partial charge < -0.3 is 20.5 Å². The van der Waals surface area contributed by atoms with E-state index in [9.17, 15) is 9.90 Å². The largest absolute Gasteiger partial charge is 0.497 e. The van der Waals surface area contributed by atoms with Gasteiger partial charge in [0.1, 0.15) is 5.75 Å².